The molecule has 1 N–H and O–H groups in total. The van der Waals surface area contributed by atoms with Crippen LogP contribution in [0.5, 0.6) is 0 Å². The van der Waals surface area contributed by atoms with Gasteiger partial charge in [-0.15, -0.1) is 0 Å². The highest BCUT2D eigenvalue weighted by molar-refractivity contribution is 7.89. The van der Waals surface area contributed by atoms with Gasteiger partial charge < -0.3 is 4.90 Å². The number of carbonyl (C=O) groups is 1. The lowest BCUT2D eigenvalue weighted by atomic mass is 9.98. The van der Waals surface area contributed by atoms with E-state index in [1.54, 1.807) is 6.92 Å². The van der Waals surface area contributed by atoms with Crippen LogP contribution < -0.4 is 4.72 Å². The van der Waals surface area contributed by atoms with Crippen molar-refractivity contribution in [2.75, 3.05) is 12.3 Å². The fraction of sp³-hybridized carbons (Fsp3) is 0.350. The molecule has 0 unspecified atom stereocenters. The van der Waals surface area contributed by atoms with Crippen molar-refractivity contribution < 1.29 is 13.2 Å². The zero-order chi connectivity index (χ0) is 18.6. The van der Waals surface area contributed by atoms with Gasteiger partial charge in [0.25, 0.3) is 0 Å². The fourth-order valence-electron chi connectivity index (χ4n) is 3.13. The van der Waals surface area contributed by atoms with E-state index < -0.39 is 10.0 Å². The SMILES string of the molecule is CCS(=O)(=O)NCc1ccccc1-c1ccc(CN2CCCC2=O)cc1. The molecule has 26 heavy (non-hydrogen) atoms. The first-order valence-corrected chi connectivity index (χ1v) is 10.6. The monoisotopic (exact) mass is 372 g/mol. The van der Waals surface area contributed by atoms with Crippen LogP contribution in [0.25, 0.3) is 11.1 Å². The Hall–Kier alpha value is -2.18. The molecule has 3 rings (SSSR count). The van der Waals surface area contributed by atoms with Crippen LogP contribution in [0.2, 0.25) is 0 Å². The van der Waals surface area contributed by atoms with Crippen molar-refractivity contribution in [2.24, 2.45) is 0 Å². The largest absolute Gasteiger partial charge is 0.338 e. The number of carbonyl (C=O) groups excluding carboxylic acids is 1. The molecular weight excluding hydrogens is 348 g/mol. The summed E-state index contributed by atoms with van der Waals surface area (Å²) in [4.78, 5) is 13.7. The predicted molar refractivity (Wildman–Crippen MR) is 103 cm³/mol. The van der Waals surface area contributed by atoms with E-state index in [1.807, 2.05) is 53.4 Å². The number of sulfonamides is 1. The first-order valence-electron chi connectivity index (χ1n) is 8.91. The molecule has 2 aromatic rings. The van der Waals surface area contributed by atoms with E-state index in [0.29, 0.717) is 13.0 Å². The van der Waals surface area contributed by atoms with E-state index in [2.05, 4.69) is 4.72 Å². The van der Waals surface area contributed by atoms with Crippen LogP contribution in [0, 0.1) is 0 Å². The molecule has 1 fully saturated rings. The molecule has 0 spiro atoms. The number of benzene rings is 2. The van der Waals surface area contributed by atoms with Crippen molar-refractivity contribution in [3.8, 4) is 11.1 Å². The van der Waals surface area contributed by atoms with Gasteiger partial charge in [-0.1, -0.05) is 48.5 Å². The second-order valence-electron chi connectivity index (χ2n) is 6.50. The number of hydrogen-bond donors (Lipinski definition) is 1. The first kappa shape index (κ1) is 18.6. The fourth-order valence-corrected chi connectivity index (χ4v) is 3.71. The van der Waals surface area contributed by atoms with Crippen molar-refractivity contribution in [2.45, 2.75) is 32.9 Å². The summed E-state index contributed by atoms with van der Waals surface area (Å²) in [6, 6.07) is 15.9. The molecule has 0 radical (unpaired) electrons. The summed E-state index contributed by atoms with van der Waals surface area (Å²) in [5, 5.41) is 0. The quantitative estimate of drug-likeness (QED) is 0.813. The Labute approximate surface area is 155 Å². The molecule has 0 aromatic heterocycles. The summed E-state index contributed by atoms with van der Waals surface area (Å²) < 4.78 is 26.1. The highest BCUT2D eigenvalue weighted by Crippen LogP contribution is 2.25. The summed E-state index contributed by atoms with van der Waals surface area (Å²) in [6.45, 7) is 3.38. The van der Waals surface area contributed by atoms with Gasteiger partial charge in [0.1, 0.15) is 0 Å². The van der Waals surface area contributed by atoms with E-state index >= 15 is 0 Å². The third-order valence-electron chi connectivity index (χ3n) is 4.69. The second kappa shape index (κ2) is 8.01. The maximum atomic E-state index is 11.8. The van der Waals surface area contributed by atoms with Crippen molar-refractivity contribution >= 4 is 15.9 Å². The first-order chi connectivity index (χ1) is 12.5. The number of nitrogens with one attached hydrogen (secondary N) is 1. The van der Waals surface area contributed by atoms with Gasteiger partial charge in [0.05, 0.1) is 5.75 Å². The molecule has 5 nitrogen and oxygen atoms in total. The van der Waals surface area contributed by atoms with Gasteiger partial charge in [0, 0.05) is 26.1 Å². The third-order valence-corrected chi connectivity index (χ3v) is 6.03. The molecule has 0 bridgehead atoms. The average Bonchev–Trinajstić information content (AvgIpc) is 3.06. The van der Waals surface area contributed by atoms with Gasteiger partial charge in [-0.25, -0.2) is 13.1 Å². The van der Waals surface area contributed by atoms with Gasteiger partial charge in [-0.3, -0.25) is 4.79 Å². The number of hydrogen-bond acceptors (Lipinski definition) is 3. The van der Waals surface area contributed by atoms with E-state index in [9.17, 15) is 13.2 Å². The lowest BCUT2D eigenvalue weighted by molar-refractivity contribution is -0.128. The molecule has 2 aromatic carbocycles. The minimum Gasteiger partial charge on any atom is -0.338 e. The normalized spacial score (nSPS) is 14.8. The summed E-state index contributed by atoms with van der Waals surface area (Å²) >= 11 is 0. The van der Waals surface area contributed by atoms with Crippen LogP contribution in [0.3, 0.4) is 0 Å². The topological polar surface area (TPSA) is 66.5 Å². The zero-order valence-electron chi connectivity index (χ0n) is 14.9. The van der Waals surface area contributed by atoms with Gasteiger partial charge in [0.2, 0.25) is 15.9 Å². The molecule has 6 heteroatoms. The van der Waals surface area contributed by atoms with Crippen LogP contribution in [0.1, 0.15) is 30.9 Å². The van der Waals surface area contributed by atoms with Crippen LogP contribution in [-0.2, 0) is 27.9 Å². The standard InChI is InChI=1S/C20H24N2O3S/c1-2-26(24,25)21-14-18-6-3-4-7-19(18)17-11-9-16(10-12-17)15-22-13-5-8-20(22)23/h3-4,6-7,9-12,21H,2,5,8,13-15H2,1H3. The zero-order valence-corrected chi connectivity index (χ0v) is 15.8. The smallest absolute Gasteiger partial charge is 0.222 e. The molecule has 138 valence electrons. The van der Waals surface area contributed by atoms with Gasteiger partial charge in [-0.05, 0) is 35.6 Å². The van der Waals surface area contributed by atoms with Crippen LogP contribution >= 0.6 is 0 Å². The molecule has 1 aliphatic heterocycles. The Morgan fingerprint density at radius 3 is 2.46 bits per heavy atom. The number of amides is 1. The van der Waals surface area contributed by atoms with E-state index in [0.717, 1.165) is 35.2 Å². The Kier molecular flexibility index (Phi) is 5.74. The average molecular weight is 372 g/mol. The molecular formula is C20H24N2O3S. The summed E-state index contributed by atoms with van der Waals surface area (Å²) in [7, 11) is -3.23. The maximum Gasteiger partial charge on any atom is 0.222 e. The molecule has 1 aliphatic rings. The number of likely N-dealkylation sites (tertiary alicyclic amines) is 1. The van der Waals surface area contributed by atoms with E-state index in [1.165, 1.54) is 0 Å². The summed E-state index contributed by atoms with van der Waals surface area (Å²) in [5.74, 6) is 0.293. The van der Waals surface area contributed by atoms with Gasteiger partial charge >= 0.3 is 0 Å². The van der Waals surface area contributed by atoms with Gasteiger partial charge in [-0.2, -0.15) is 0 Å². The Bertz CT molecular complexity index is 876. The van der Waals surface area contributed by atoms with Crippen LogP contribution in [0.4, 0.5) is 0 Å². The van der Waals surface area contributed by atoms with Crippen LogP contribution in [0.15, 0.2) is 48.5 Å². The second-order valence-corrected chi connectivity index (χ2v) is 8.59. The highest BCUT2D eigenvalue weighted by Gasteiger charge is 2.19. The van der Waals surface area contributed by atoms with Crippen LogP contribution in [-0.4, -0.2) is 31.5 Å². The van der Waals surface area contributed by atoms with Gasteiger partial charge in [0.15, 0.2) is 0 Å². The lowest BCUT2D eigenvalue weighted by Crippen LogP contribution is -2.25. The Balaban J connectivity index is 1.75. The van der Waals surface area contributed by atoms with Crippen molar-refractivity contribution in [1.29, 1.82) is 0 Å². The van der Waals surface area contributed by atoms with Crippen molar-refractivity contribution in [1.82, 2.24) is 9.62 Å². The maximum absolute atomic E-state index is 11.8. The molecule has 1 heterocycles. The lowest BCUT2D eigenvalue weighted by Gasteiger charge is -2.16. The summed E-state index contributed by atoms with van der Waals surface area (Å²) in [5.41, 5.74) is 4.09. The van der Waals surface area contributed by atoms with Crippen molar-refractivity contribution in [3.05, 3.63) is 59.7 Å². The Morgan fingerprint density at radius 2 is 1.81 bits per heavy atom. The molecule has 1 saturated heterocycles. The van der Waals surface area contributed by atoms with E-state index in [4.69, 9.17) is 0 Å². The van der Waals surface area contributed by atoms with Crippen molar-refractivity contribution in [3.63, 3.8) is 0 Å². The Morgan fingerprint density at radius 1 is 1.08 bits per heavy atom. The minimum absolute atomic E-state index is 0.0685. The number of rotatable bonds is 7. The molecule has 0 aliphatic carbocycles. The minimum atomic E-state index is -3.23. The molecule has 0 saturated carbocycles. The summed E-state index contributed by atoms with van der Waals surface area (Å²) in [6.07, 6.45) is 1.59. The third kappa shape index (κ3) is 4.51. The highest BCUT2D eigenvalue weighted by atomic mass is 32.2. The predicted octanol–water partition coefficient (Wildman–Crippen LogP) is 2.92. The molecule has 0 atom stereocenters. The molecule has 1 amide bonds. The van der Waals surface area contributed by atoms with E-state index in [-0.39, 0.29) is 18.2 Å². The number of nitrogens with zero attached hydrogens (tertiary/aromatic N) is 1.